The zero-order valence-electron chi connectivity index (χ0n) is 13.8. The number of hydrogen-bond acceptors (Lipinski definition) is 4. The maximum absolute atomic E-state index is 5.29. The summed E-state index contributed by atoms with van der Waals surface area (Å²) in [6.07, 6.45) is 0. The fourth-order valence-electron chi connectivity index (χ4n) is 1.23. The van der Waals surface area contributed by atoms with E-state index in [1.54, 1.807) is 0 Å². The number of hydrogen-bond donors (Lipinski definition) is 0. The minimum Gasteiger partial charge on any atom is -0.295 e. The molecular formula is C16H26O4Si. The van der Waals surface area contributed by atoms with Gasteiger partial charge in [-0.25, -0.2) is 0 Å². The summed E-state index contributed by atoms with van der Waals surface area (Å²) in [6.45, 7) is 11.4. The van der Waals surface area contributed by atoms with E-state index in [-0.39, 0.29) is 5.95 Å². The van der Waals surface area contributed by atoms with E-state index >= 15 is 0 Å². The van der Waals surface area contributed by atoms with E-state index in [2.05, 4.69) is 12.1 Å². The summed E-state index contributed by atoms with van der Waals surface area (Å²) in [4.78, 5) is 21.1. The Bertz CT molecular complexity index is 424. The lowest BCUT2D eigenvalue weighted by molar-refractivity contribution is -0.414. The highest BCUT2D eigenvalue weighted by Crippen LogP contribution is 2.15. The summed E-state index contributed by atoms with van der Waals surface area (Å²) in [5, 5.41) is 1.29. The highest BCUT2D eigenvalue weighted by atomic mass is 28.2. The zero-order valence-corrected chi connectivity index (χ0v) is 15.2. The van der Waals surface area contributed by atoms with Crippen LogP contribution in [0.15, 0.2) is 42.0 Å². The second-order valence-corrected chi connectivity index (χ2v) is 8.40. The molecule has 1 aromatic rings. The first-order valence-corrected chi connectivity index (χ1v) is 8.63. The van der Waals surface area contributed by atoms with Crippen molar-refractivity contribution in [2.75, 3.05) is 0 Å². The van der Waals surface area contributed by atoms with Crippen molar-refractivity contribution in [2.45, 2.75) is 52.7 Å². The van der Waals surface area contributed by atoms with Crippen LogP contribution >= 0.6 is 0 Å². The van der Waals surface area contributed by atoms with Gasteiger partial charge in [0.2, 0.25) is 0 Å². The molecule has 4 nitrogen and oxygen atoms in total. The quantitative estimate of drug-likeness (QED) is 0.350. The Labute approximate surface area is 129 Å². The topological polar surface area (TPSA) is 36.9 Å². The van der Waals surface area contributed by atoms with Crippen LogP contribution in [0.3, 0.4) is 0 Å². The lowest BCUT2D eigenvalue weighted by atomic mass is 10.2. The van der Waals surface area contributed by atoms with Crippen molar-refractivity contribution < 1.29 is 19.6 Å². The smallest absolute Gasteiger partial charge is 0.295 e. The summed E-state index contributed by atoms with van der Waals surface area (Å²) in [5.74, 6) is 0.260. The van der Waals surface area contributed by atoms with Gasteiger partial charge in [-0.15, -0.1) is 0 Å². The standard InChI is InChI=1S/C16H26O4Si/c1-15(2,3)19-17-14(18-20-16(4,5)6)12-21-13-10-8-7-9-11-13/h7-12H,21H2,1-6H3. The maximum Gasteiger partial charge on any atom is 0.344 e. The van der Waals surface area contributed by atoms with Crippen LogP contribution < -0.4 is 5.19 Å². The molecule has 0 unspecified atom stereocenters. The largest absolute Gasteiger partial charge is 0.344 e. The Morgan fingerprint density at radius 1 is 0.857 bits per heavy atom. The molecule has 0 N–H and O–H groups in total. The van der Waals surface area contributed by atoms with E-state index in [0.29, 0.717) is 0 Å². The molecule has 0 amide bonds. The number of benzene rings is 1. The van der Waals surface area contributed by atoms with Crippen molar-refractivity contribution in [3.8, 4) is 0 Å². The van der Waals surface area contributed by atoms with Crippen molar-refractivity contribution in [3.05, 3.63) is 42.0 Å². The van der Waals surface area contributed by atoms with E-state index in [1.165, 1.54) is 5.19 Å². The molecule has 0 saturated carbocycles. The van der Waals surface area contributed by atoms with E-state index in [1.807, 2.05) is 65.4 Å². The average Bonchev–Trinajstić information content (AvgIpc) is 2.36. The monoisotopic (exact) mass is 310 g/mol. The molecule has 0 aliphatic carbocycles. The summed E-state index contributed by atoms with van der Waals surface area (Å²) in [5.41, 5.74) is 1.09. The Morgan fingerprint density at radius 3 is 1.76 bits per heavy atom. The van der Waals surface area contributed by atoms with Crippen molar-refractivity contribution in [3.63, 3.8) is 0 Å². The van der Waals surface area contributed by atoms with Gasteiger partial charge in [0.05, 0.1) is 9.52 Å². The SMILES string of the molecule is CC(C)(C)OOC(=C[SiH2]c1ccccc1)OOC(C)(C)C. The number of rotatable bonds is 6. The lowest BCUT2D eigenvalue weighted by Crippen LogP contribution is -2.23. The molecule has 0 spiro atoms. The van der Waals surface area contributed by atoms with Crippen LogP contribution in [0.25, 0.3) is 0 Å². The first-order valence-electron chi connectivity index (χ1n) is 7.11. The van der Waals surface area contributed by atoms with Crippen LogP contribution in [-0.4, -0.2) is 20.7 Å². The average molecular weight is 310 g/mol. The van der Waals surface area contributed by atoms with Crippen LogP contribution in [0, 0.1) is 0 Å². The predicted molar refractivity (Wildman–Crippen MR) is 86.5 cm³/mol. The Balaban J connectivity index is 2.66. The third-order valence-electron chi connectivity index (χ3n) is 2.09. The van der Waals surface area contributed by atoms with Crippen LogP contribution in [0.4, 0.5) is 0 Å². The fraction of sp³-hybridized carbons (Fsp3) is 0.500. The van der Waals surface area contributed by atoms with Gasteiger partial charge in [0.25, 0.3) is 0 Å². The van der Waals surface area contributed by atoms with Crippen molar-refractivity contribution in [1.29, 1.82) is 0 Å². The van der Waals surface area contributed by atoms with Crippen LogP contribution in [0.1, 0.15) is 41.5 Å². The molecule has 0 radical (unpaired) electrons. The second-order valence-electron chi connectivity index (χ2n) is 6.77. The molecule has 0 saturated heterocycles. The highest BCUT2D eigenvalue weighted by molar-refractivity contribution is 6.58. The summed E-state index contributed by atoms with van der Waals surface area (Å²) in [6, 6.07) is 10.2. The van der Waals surface area contributed by atoms with E-state index in [0.717, 1.165) is 0 Å². The molecule has 0 fully saturated rings. The van der Waals surface area contributed by atoms with Gasteiger partial charge < -0.3 is 0 Å². The molecule has 5 heteroatoms. The maximum atomic E-state index is 5.29. The molecule has 1 aromatic carbocycles. The molecule has 0 heterocycles. The Morgan fingerprint density at radius 2 is 1.33 bits per heavy atom. The molecular weight excluding hydrogens is 284 g/mol. The van der Waals surface area contributed by atoms with Gasteiger partial charge in [-0.05, 0) is 47.2 Å². The van der Waals surface area contributed by atoms with E-state index in [4.69, 9.17) is 19.6 Å². The summed E-state index contributed by atoms with van der Waals surface area (Å²) in [7, 11) is -0.659. The van der Waals surface area contributed by atoms with Crippen LogP contribution in [0.5, 0.6) is 0 Å². The first kappa shape index (κ1) is 17.7. The Kier molecular flexibility index (Phi) is 6.45. The molecule has 0 aliphatic rings. The minimum atomic E-state index is -0.659. The van der Waals surface area contributed by atoms with Crippen molar-refractivity contribution >= 4 is 14.7 Å². The third-order valence-corrected chi connectivity index (χ3v) is 3.58. The summed E-state index contributed by atoms with van der Waals surface area (Å²) < 4.78 is 0. The first-order chi connectivity index (χ1) is 9.66. The molecule has 1 rings (SSSR count). The van der Waals surface area contributed by atoms with Crippen LogP contribution in [-0.2, 0) is 19.6 Å². The minimum absolute atomic E-state index is 0.260. The van der Waals surface area contributed by atoms with Gasteiger partial charge >= 0.3 is 5.95 Å². The summed E-state index contributed by atoms with van der Waals surface area (Å²) >= 11 is 0. The van der Waals surface area contributed by atoms with Gasteiger partial charge in [-0.2, -0.15) is 9.78 Å². The van der Waals surface area contributed by atoms with Gasteiger partial charge in [0.15, 0.2) is 0 Å². The lowest BCUT2D eigenvalue weighted by Gasteiger charge is -2.21. The van der Waals surface area contributed by atoms with Gasteiger partial charge in [0, 0.05) is 0 Å². The zero-order chi connectivity index (χ0) is 15.9. The molecule has 118 valence electrons. The van der Waals surface area contributed by atoms with Crippen molar-refractivity contribution in [2.24, 2.45) is 0 Å². The van der Waals surface area contributed by atoms with Crippen molar-refractivity contribution in [1.82, 2.24) is 0 Å². The second kappa shape index (κ2) is 7.63. The molecule has 0 atom stereocenters. The molecule has 0 bridgehead atoms. The highest BCUT2D eigenvalue weighted by Gasteiger charge is 2.18. The third kappa shape index (κ3) is 9.28. The van der Waals surface area contributed by atoms with Crippen LogP contribution in [0.2, 0.25) is 0 Å². The molecule has 0 aliphatic heterocycles. The van der Waals surface area contributed by atoms with Gasteiger partial charge in [-0.1, -0.05) is 35.5 Å². The normalized spacial score (nSPS) is 12.5. The predicted octanol–water partition coefficient (Wildman–Crippen LogP) is 2.77. The van der Waals surface area contributed by atoms with E-state index < -0.39 is 20.7 Å². The fourth-order valence-corrected chi connectivity index (χ4v) is 2.31. The molecule has 0 aromatic heterocycles. The Hall–Kier alpha value is -1.30. The van der Waals surface area contributed by atoms with E-state index in [9.17, 15) is 0 Å². The molecule has 21 heavy (non-hydrogen) atoms. The van der Waals surface area contributed by atoms with Gasteiger partial charge in [0.1, 0.15) is 11.2 Å². The van der Waals surface area contributed by atoms with Gasteiger partial charge in [-0.3, -0.25) is 9.78 Å².